The number of rotatable bonds is 4. The van der Waals surface area contributed by atoms with E-state index >= 15 is 0 Å². The molecule has 0 heterocycles. The fraction of sp³-hybridized carbons (Fsp3) is 0.333. The lowest BCUT2D eigenvalue weighted by atomic mass is 10.1. The maximum absolute atomic E-state index is 8.87. The van der Waals surface area contributed by atoms with Crippen molar-refractivity contribution in [2.45, 2.75) is 13.2 Å². The highest BCUT2D eigenvalue weighted by molar-refractivity contribution is 5.33. The molecular weight excluding hydrogens is 172 g/mol. The van der Waals surface area contributed by atoms with Crippen LogP contribution in [0.4, 0.5) is 0 Å². The van der Waals surface area contributed by atoms with Crippen LogP contribution in [0.25, 0.3) is 0 Å². The zero-order valence-electron chi connectivity index (χ0n) is 7.36. The summed E-state index contributed by atoms with van der Waals surface area (Å²) < 4.78 is 0. The molecule has 4 nitrogen and oxygen atoms in total. The van der Waals surface area contributed by atoms with Crippen LogP contribution < -0.4 is 4.89 Å². The minimum atomic E-state index is -0.0894. The number of hydrogen-bond donors (Lipinski definition) is 2. The summed E-state index contributed by atoms with van der Waals surface area (Å²) in [6.45, 7) is -0.179. The van der Waals surface area contributed by atoms with Gasteiger partial charge < -0.3 is 15.1 Å². The molecule has 1 aromatic carbocycles. The Morgan fingerprint density at radius 3 is 2.00 bits per heavy atom. The highest BCUT2D eigenvalue weighted by Gasteiger charge is 2.01. The van der Waals surface area contributed by atoms with Gasteiger partial charge in [-0.25, -0.2) is 0 Å². The Bertz CT molecular complexity index is 250. The van der Waals surface area contributed by atoms with Gasteiger partial charge in [0.15, 0.2) is 5.75 Å². The molecule has 0 bridgehead atoms. The summed E-state index contributed by atoms with van der Waals surface area (Å²) in [5.41, 5.74) is 1.36. The molecule has 1 aromatic rings. The number of hydrogen-bond acceptors (Lipinski definition) is 4. The first-order valence-electron chi connectivity index (χ1n) is 3.85. The van der Waals surface area contributed by atoms with Crippen LogP contribution in [0, 0.1) is 0 Å². The number of aliphatic hydroxyl groups is 2. The molecule has 1 rings (SSSR count). The lowest BCUT2D eigenvalue weighted by molar-refractivity contribution is -0.178. The molecule has 0 aliphatic heterocycles. The van der Waals surface area contributed by atoms with Gasteiger partial charge in [-0.3, -0.25) is 0 Å². The van der Waals surface area contributed by atoms with Crippen LogP contribution >= 0.6 is 0 Å². The molecule has 0 saturated carbocycles. The lowest BCUT2D eigenvalue weighted by Gasteiger charge is -2.05. The van der Waals surface area contributed by atoms with Crippen molar-refractivity contribution in [3.63, 3.8) is 0 Å². The molecule has 72 valence electrons. The minimum Gasteiger partial charge on any atom is -0.392 e. The van der Waals surface area contributed by atoms with E-state index < -0.39 is 0 Å². The first-order valence-corrected chi connectivity index (χ1v) is 3.85. The van der Waals surface area contributed by atoms with E-state index in [4.69, 9.17) is 15.1 Å². The van der Waals surface area contributed by atoms with E-state index in [1.54, 1.807) is 18.2 Å². The summed E-state index contributed by atoms with van der Waals surface area (Å²) in [6, 6.07) is 4.98. The highest BCUT2D eigenvalue weighted by Crippen LogP contribution is 2.17. The quantitative estimate of drug-likeness (QED) is 0.531. The summed E-state index contributed by atoms with van der Waals surface area (Å²) in [4.78, 5) is 9.23. The Morgan fingerprint density at radius 1 is 1.08 bits per heavy atom. The molecule has 2 N–H and O–H groups in total. The van der Waals surface area contributed by atoms with E-state index in [1.165, 1.54) is 7.11 Å². The molecule has 0 unspecified atom stereocenters. The average Bonchev–Trinajstić information content (AvgIpc) is 2.17. The lowest BCUT2D eigenvalue weighted by Crippen LogP contribution is -1.95. The van der Waals surface area contributed by atoms with Crippen molar-refractivity contribution < 1.29 is 20.0 Å². The van der Waals surface area contributed by atoms with Crippen molar-refractivity contribution >= 4 is 0 Å². The van der Waals surface area contributed by atoms with Gasteiger partial charge in [0.05, 0.1) is 20.3 Å². The standard InChI is InChI=1S/C9H12O4/c1-12-13-9-3-7(5-10)2-8(4-9)6-11/h2-4,10-11H,5-6H2,1H3. The zero-order valence-corrected chi connectivity index (χ0v) is 7.36. The Morgan fingerprint density at radius 2 is 1.62 bits per heavy atom. The molecule has 0 saturated heterocycles. The van der Waals surface area contributed by atoms with E-state index in [-0.39, 0.29) is 13.2 Å². The largest absolute Gasteiger partial charge is 0.392 e. The molecule has 0 aliphatic carbocycles. The molecule has 0 fully saturated rings. The van der Waals surface area contributed by atoms with Gasteiger partial charge in [-0.1, -0.05) is 6.07 Å². The Kier molecular flexibility index (Phi) is 3.70. The second-order valence-electron chi connectivity index (χ2n) is 2.55. The van der Waals surface area contributed by atoms with E-state index in [9.17, 15) is 0 Å². The second-order valence-corrected chi connectivity index (χ2v) is 2.55. The smallest absolute Gasteiger partial charge is 0.166 e. The molecule has 13 heavy (non-hydrogen) atoms. The van der Waals surface area contributed by atoms with Crippen LogP contribution in [0.3, 0.4) is 0 Å². The van der Waals surface area contributed by atoms with Crippen LogP contribution in [-0.4, -0.2) is 17.3 Å². The molecule has 0 atom stereocenters. The van der Waals surface area contributed by atoms with Gasteiger partial charge in [0, 0.05) is 0 Å². The van der Waals surface area contributed by atoms with Crippen molar-refractivity contribution in [1.82, 2.24) is 0 Å². The van der Waals surface area contributed by atoms with Crippen LogP contribution in [0.15, 0.2) is 18.2 Å². The Hall–Kier alpha value is -1.10. The van der Waals surface area contributed by atoms with Crippen molar-refractivity contribution in [3.8, 4) is 5.75 Å². The molecule has 0 radical (unpaired) electrons. The number of benzene rings is 1. The van der Waals surface area contributed by atoms with Gasteiger partial charge in [-0.05, 0) is 23.3 Å². The van der Waals surface area contributed by atoms with Gasteiger partial charge >= 0.3 is 0 Å². The summed E-state index contributed by atoms with van der Waals surface area (Å²) in [5, 5.41) is 17.7. The normalized spacial score (nSPS) is 10.1. The maximum atomic E-state index is 8.87. The first kappa shape index (κ1) is 9.98. The molecule has 0 spiro atoms. The molecule has 4 heteroatoms. The van der Waals surface area contributed by atoms with E-state index in [0.717, 1.165) is 0 Å². The minimum absolute atomic E-state index is 0.0894. The van der Waals surface area contributed by atoms with Crippen molar-refractivity contribution in [2.75, 3.05) is 7.11 Å². The zero-order chi connectivity index (χ0) is 9.68. The fourth-order valence-corrected chi connectivity index (χ4v) is 1.06. The van der Waals surface area contributed by atoms with Gasteiger partial charge in [0.25, 0.3) is 0 Å². The van der Waals surface area contributed by atoms with E-state index in [0.29, 0.717) is 16.9 Å². The monoisotopic (exact) mass is 184 g/mol. The molecular formula is C9H12O4. The SMILES string of the molecule is COOc1cc(CO)cc(CO)c1. The van der Waals surface area contributed by atoms with Gasteiger partial charge in [-0.15, -0.1) is 0 Å². The summed E-state index contributed by atoms with van der Waals surface area (Å²) in [5.74, 6) is 0.470. The van der Waals surface area contributed by atoms with E-state index in [2.05, 4.69) is 4.89 Å². The van der Waals surface area contributed by atoms with Crippen LogP contribution in [0.5, 0.6) is 5.75 Å². The predicted molar refractivity (Wildman–Crippen MR) is 45.9 cm³/mol. The average molecular weight is 184 g/mol. The third kappa shape index (κ3) is 2.69. The molecule has 0 aromatic heterocycles. The third-order valence-corrected chi connectivity index (χ3v) is 1.57. The van der Waals surface area contributed by atoms with Gasteiger partial charge in [0.2, 0.25) is 0 Å². The molecule has 0 amide bonds. The fourth-order valence-electron chi connectivity index (χ4n) is 1.06. The Labute approximate surface area is 76.3 Å². The summed E-state index contributed by atoms with van der Waals surface area (Å²) in [7, 11) is 1.39. The Balaban J connectivity index is 2.93. The van der Waals surface area contributed by atoms with Crippen molar-refractivity contribution in [1.29, 1.82) is 0 Å². The first-order chi connectivity index (χ1) is 6.30. The highest BCUT2D eigenvalue weighted by atomic mass is 17.2. The number of aliphatic hydroxyl groups excluding tert-OH is 2. The summed E-state index contributed by atoms with van der Waals surface area (Å²) in [6.07, 6.45) is 0. The predicted octanol–water partition coefficient (Wildman–Crippen LogP) is 0.611. The van der Waals surface area contributed by atoms with Crippen molar-refractivity contribution in [3.05, 3.63) is 29.3 Å². The van der Waals surface area contributed by atoms with Crippen LogP contribution in [0.2, 0.25) is 0 Å². The topological polar surface area (TPSA) is 58.9 Å². The third-order valence-electron chi connectivity index (χ3n) is 1.57. The van der Waals surface area contributed by atoms with Gasteiger partial charge in [-0.2, -0.15) is 4.89 Å². The second kappa shape index (κ2) is 4.81. The van der Waals surface area contributed by atoms with Crippen LogP contribution in [-0.2, 0) is 18.1 Å². The summed E-state index contributed by atoms with van der Waals surface area (Å²) >= 11 is 0. The van der Waals surface area contributed by atoms with Crippen molar-refractivity contribution in [2.24, 2.45) is 0 Å². The van der Waals surface area contributed by atoms with Crippen LogP contribution in [0.1, 0.15) is 11.1 Å². The van der Waals surface area contributed by atoms with Gasteiger partial charge in [0.1, 0.15) is 0 Å². The maximum Gasteiger partial charge on any atom is 0.166 e. The molecule has 0 aliphatic rings. The van der Waals surface area contributed by atoms with E-state index in [1.807, 2.05) is 0 Å².